The topological polar surface area (TPSA) is 93.1 Å². The number of hydrogen-bond donors (Lipinski definition) is 2. The Morgan fingerprint density at radius 1 is 1.14 bits per heavy atom. The van der Waals surface area contributed by atoms with E-state index in [4.69, 9.17) is 9.47 Å². The number of rotatable bonds is 1. The zero-order chi connectivity index (χ0) is 15.5. The van der Waals surface area contributed by atoms with Crippen molar-refractivity contribution >= 4 is 11.9 Å². The Labute approximate surface area is 126 Å². The van der Waals surface area contributed by atoms with Crippen LogP contribution in [0.15, 0.2) is 36.0 Å². The van der Waals surface area contributed by atoms with Crippen LogP contribution < -0.4 is 0 Å². The van der Waals surface area contributed by atoms with Crippen LogP contribution in [0.2, 0.25) is 0 Å². The maximum Gasteiger partial charge on any atom is 0.332 e. The van der Waals surface area contributed by atoms with Crippen molar-refractivity contribution in [3.05, 3.63) is 36.0 Å². The highest BCUT2D eigenvalue weighted by atomic mass is 16.6. The van der Waals surface area contributed by atoms with Crippen LogP contribution in [0.4, 0.5) is 0 Å². The van der Waals surface area contributed by atoms with Crippen LogP contribution in [-0.2, 0) is 19.1 Å². The smallest absolute Gasteiger partial charge is 0.332 e. The SMILES string of the molecule is O=C1C=C2C=C[C@@H](O)C[C@]2([C@@]23C=C[C@H](O)C[C@H]2CC(=O)O3)O1. The summed E-state index contributed by atoms with van der Waals surface area (Å²) in [7, 11) is 0. The van der Waals surface area contributed by atoms with Crippen molar-refractivity contribution in [3.8, 4) is 0 Å². The quantitative estimate of drug-likeness (QED) is 0.529. The lowest BCUT2D eigenvalue weighted by Crippen LogP contribution is -2.61. The van der Waals surface area contributed by atoms with Gasteiger partial charge in [0.15, 0.2) is 11.2 Å². The predicted octanol–water partition coefficient (Wildman–Crippen LogP) is 0.152. The third-order valence-electron chi connectivity index (χ3n) is 5.03. The Hall–Kier alpha value is -1.92. The third kappa shape index (κ3) is 1.62. The summed E-state index contributed by atoms with van der Waals surface area (Å²) in [4.78, 5) is 23.8. The van der Waals surface area contributed by atoms with Crippen LogP contribution in [0.3, 0.4) is 0 Å². The van der Waals surface area contributed by atoms with Gasteiger partial charge in [-0.25, -0.2) is 4.79 Å². The molecule has 0 aromatic rings. The summed E-state index contributed by atoms with van der Waals surface area (Å²) in [5, 5.41) is 19.9. The molecule has 1 fully saturated rings. The molecule has 116 valence electrons. The molecule has 4 rings (SSSR count). The maximum atomic E-state index is 11.9. The van der Waals surface area contributed by atoms with E-state index in [-0.39, 0.29) is 24.7 Å². The molecule has 0 aromatic heterocycles. The molecule has 0 saturated carbocycles. The summed E-state index contributed by atoms with van der Waals surface area (Å²) in [5.41, 5.74) is -1.78. The van der Waals surface area contributed by atoms with Crippen molar-refractivity contribution in [2.75, 3.05) is 0 Å². The van der Waals surface area contributed by atoms with E-state index in [9.17, 15) is 19.8 Å². The van der Waals surface area contributed by atoms with Crippen LogP contribution in [-0.4, -0.2) is 45.6 Å². The van der Waals surface area contributed by atoms with Gasteiger partial charge in [0.1, 0.15) is 0 Å². The second-order valence-electron chi connectivity index (χ2n) is 6.31. The summed E-state index contributed by atoms with van der Waals surface area (Å²) in [5.74, 6) is -1.19. The predicted molar refractivity (Wildman–Crippen MR) is 73.4 cm³/mol. The van der Waals surface area contributed by atoms with E-state index >= 15 is 0 Å². The number of carbonyl (C=O) groups excluding carboxylic acids is 2. The van der Waals surface area contributed by atoms with Gasteiger partial charge in [-0.1, -0.05) is 18.2 Å². The van der Waals surface area contributed by atoms with Gasteiger partial charge < -0.3 is 19.7 Å². The number of fused-ring (bicyclic) bond motifs is 3. The van der Waals surface area contributed by atoms with Crippen LogP contribution >= 0.6 is 0 Å². The Balaban J connectivity index is 1.89. The van der Waals surface area contributed by atoms with E-state index in [1.54, 1.807) is 24.3 Å². The molecule has 6 nitrogen and oxygen atoms in total. The monoisotopic (exact) mass is 304 g/mol. The fraction of sp³-hybridized carbons (Fsp3) is 0.500. The summed E-state index contributed by atoms with van der Waals surface area (Å²) < 4.78 is 11.2. The van der Waals surface area contributed by atoms with Crippen LogP contribution in [0.1, 0.15) is 19.3 Å². The molecule has 0 amide bonds. The minimum absolute atomic E-state index is 0.130. The molecule has 0 spiro atoms. The number of aliphatic hydroxyl groups excluding tert-OH is 2. The van der Waals surface area contributed by atoms with E-state index in [0.29, 0.717) is 12.0 Å². The average Bonchev–Trinajstić information content (AvgIpc) is 2.95. The van der Waals surface area contributed by atoms with Gasteiger partial charge in [0.2, 0.25) is 0 Å². The molecule has 0 radical (unpaired) electrons. The van der Waals surface area contributed by atoms with E-state index in [2.05, 4.69) is 0 Å². The number of esters is 2. The fourth-order valence-electron chi connectivity index (χ4n) is 4.15. The van der Waals surface area contributed by atoms with Gasteiger partial charge in [-0.05, 0) is 12.5 Å². The highest BCUT2D eigenvalue weighted by Crippen LogP contribution is 2.56. The molecule has 0 aromatic carbocycles. The number of ether oxygens (including phenoxy) is 2. The summed E-state index contributed by atoms with van der Waals surface area (Å²) in [6.07, 6.45) is 7.02. The lowest BCUT2D eigenvalue weighted by atomic mass is 9.63. The molecule has 2 heterocycles. The lowest BCUT2D eigenvalue weighted by Gasteiger charge is -2.49. The molecule has 0 unspecified atom stereocenters. The van der Waals surface area contributed by atoms with Gasteiger partial charge in [-0.2, -0.15) is 0 Å². The summed E-state index contributed by atoms with van der Waals surface area (Å²) >= 11 is 0. The van der Waals surface area contributed by atoms with Crippen LogP contribution in [0.25, 0.3) is 0 Å². The van der Waals surface area contributed by atoms with Crippen molar-refractivity contribution < 1.29 is 29.3 Å². The Bertz CT molecular complexity index is 647. The van der Waals surface area contributed by atoms with Gasteiger partial charge in [0.05, 0.1) is 18.6 Å². The number of aliphatic hydroxyl groups is 2. The maximum absolute atomic E-state index is 11.9. The zero-order valence-electron chi connectivity index (χ0n) is 11.8. The second kappa shape index (κ2) is 4.30. The first-order valence-corrected chi connectivity index (χ1v) is 7.36. The van der Waals surface area contributed by atoms with Crippen LogP contribution in [0.5, 0.6) is 0 Å². The van der Waals surface area contributed by atoms with Gasteiger partial charge >= 0.3 is 11.9 Å². The minimum Gasteiger partial charge on any atom is -0.450 e. The average molecular weight is 304 g/mol. The third-order valence-corrected chi connectivity index (χ3v) is 5.03. The van der Waals surface area contributed by atoms with E-state index < -0.39 is 29.4 Å². The first kappa shape index (κ1) is 13.7. The zero-order valence-corrected chi connectivity index (χ0v) is 11.8. The van der Waals surface area contributed by atoms with E-state index in [1.807, 2.05) is 0 Å². The summed E-state index contributed by atoms with van der Waals surface area (Å²) in [6.45, 7) is 0. The lowest BCUT2D eigenvalue weighted by molar-refractivity contribution is -0.188. The fourth-order valence-corrected chi connectivity index (χ4v) is 4.15. The van der Waals surface area contributed by atoms with E-state index in [1.165, 1.54) is 6.08 Å². The molecule has 6 heteroatoms. The molecule has 2 aliphatic carbocycles. The van der Waals surface area contributed by atoms with Crippen molar-refractivity contribution in [2.24, 2.45) is 5.92 Å². The molecule has 1 saturated heterocycles. The molecule has 4 aliphatic rings. The number of carbonyl (C=O) groups is 2. The molecule has 22 heavy (non-hydrogen) atoms. The molecular formula is C16H16O6. The first-order valence-electron chi connectivity index (χ1n) is 7.36. The first-order chi connectivity index (χ1) is 10.4. The molecular weight excluding hydrogens is 288 g/mol. The minimum atomic E-state index is -1.22. The van der Waals surface area contributed by atoms with Gasteiger partial charge in [-0.15, -0.1) is 0 Å². The number of hydrogen-bond acceptors (Lipinski definition) is 6. The van der Waals surface area contributed by atoms with Gasteiger partial charge in [0.25, 0.3) is 0 Å². The Morgan fingerprint density at radius 3 is 2.77 bits per heavy atom. The Morgan fingerprint density at radius 2 is 1.95 bits per heavy atom. The normalized spacial score (nSPS) is 45.9. The second-order valence-corrected chi connectivity index (χ2v) is 6.31. The molecule has 5 atom stereocenters. The molecule has 2 N–H and O–H groups in total. The molecule has 0 bridgehead atoms. The molecule has 2 aliphatic heterocycles. The highest BCUT2D eigenvalue weighted by Gasteiger charge is 2.68. The van der Waals surface area contributed by atoms with Crippen molar-refractivity contribution in [2.45, 2.75) is 42.7 Å². The Kier molecular flexibility index (Phi) is 2.68. The van der Waals surface area contributed by atoms with Crippen LogP contribution in [0, 0.1) is 5.92 Å². The highest BCUT2D eigenvalue weighted by molar-refractivity contribution is 5.89. The van der Waals surface area contributed by atoms with Gasteiger partial charge in [-0.3, -0.25) is 4.79 Å². The van der Waals surface area contributed by atoms with Gasteiger partial charge in [0, 0.05) is 24.0 Å². The van der Waals surface area contributed by atoms with E-state index in [0.717, 1.165) is 0 Å². The van der Waals surface area contributed by atoms with Crippen molar-refractivity contribution in [1.82, 2.24) is 0 Å². The largest absolute Gasteiger partial charge is 0.450 e. The summed E-state index contributed by atoms with van der Waals surface area (Å²) in [6, 6.07) is 0. The van der Waals surface area contributed by atoms with Crippen molar-refractivity contribution in [1.29, 1.82) is 0 Å². The van der Waals surface area contributed by atoms with Crippen molar-refractivity contribution in [3.63, 3.8) is 0 Å². The standard InChI is InChI=1S/C16H16O6/c17-11-3-4-15(10(5-11)7-14(20)21-15)16-8-12(18)2-1-9(16)6-13(19)22-16/h1-4,6,10-12,17-18H,5,7-8H2/t10-,11-,12+,15+,16-/m0/s1.